The lowest BCUT2D eigenvalue weighted by molar-refractivity contribution is -0.0585. The highest BCUT2D eigenvalue weighted by molar-refractivity contribution is 7.89. The summed E-state index contributed by atoms with van der Waals surface area (Å²) in [6.45, 7) is 2.49. The molecular formula is C20H18N2O6S. The normalized spacial score (nSPS) is 16.9. The minimum absolute atomic E-state index is 0.0261. The van der Waals surface area contributed by atoms with Crippen molar-refractivity contribution in [3.05, 3.63) is 64.7 Å². The molecule has 0 aliphatic carbocycles. The van der Waals surface area contributed by atoms with Gasteiger partial charge in [0, 0.05) is 13.1 Å². The zero-order chi connectivity index (χ0) is 20.8. The van der Waals surface area contributed by atoms with Crippen LogP contribution in [0.2, 0.25) is 0 Å². The third kappa shape index (κ3) is 3.22. The fraction of sp³-hybridized carbons (Fsp3) is 0.250. The molecule has 0 saturated carbocycles. The van der Waals surface area contributed by atoms with Crippen LogP contribution in [-0.2, 0) is 14.9 Å². The summed E-state index contributed by atoms with van der Waals surface area (Å²) in [7, 11) is -3.73. The lowest BCUT2D eigenvalue weighted by atomic mass is 10.1. The molecule has 2 amide bonds. The number of amides is 2. The van der Waals surface area contributed by atoms with Crippen molar-refractivity contribution >= 4 is 27.8 Å². The maximum absolute atomic E-state index is 12.8. The number of carbonyl (C=O) groups excluding carboxylic acids is 3. The van der Waals surface area contributed by atoms with Crippen molar-refractivity contribution in [3.8, 4) is 0 Å². The molecule has 4 rings (SSSR count). The predicted molar refractivity (Wildman–Crippen MR) is 102 cm³/mol. The van der Waals surface area contributed by atoms with E-state index < -0.39 is 27.8 Å². The van der Waals surface area contributed by atoms with Crippen LogP contribution in [-0.4, -0.2) is 48.7 Å². The Morgan fingerprint density at radius 3 is 2.14 bits per heavy atom. The van der Waals surface area contributed by atoms with Gasteiger partial charge in [0.25, 0.3) is 11.8 Å². The SMILES string of the molecule is Cc1ccc(S(=O)(=O)N2CCCC2)cc1C(=O)ON1C(=O)c2ccccc2C1=O. The summed E-state index contributed by atoms with van der Waals surface area (Å²) in [5.41, 5.74) is 0.730. The topological polar surface area (TPSA) is 101 Å². The van der Waals surface area contributed by atoms with E-state index in [1.54, 1.807) is 19.1 Å². The zero-order valence-corrected chi connectivity index (χ0v) is 16.4. The van der Waals surface area contributed by atoms with E-state index in [4.69, 9.17) is 4.84 Å². The second-order valence-corrected chi connectivity index (χ2v) is 8.85. The molecule has 0 atom stereocenters. The predicted octanol–water partition coefficient (Wildman–Crippen LogP) is 2.15. The molecule has 2 aromatic carbocycles. The van der Waals surface area contributed by atoms with Crippen molar-refractivity contribution in [1.82, 2.24) is 9.37 Å². The molecule has 0 aromatic heterocycles. The summed E-state index contributed by atoms with van der Waals surface area (Å²) in [6, 6.07) is 10.3. The van der Waals surface area contributed by atoms with Crippen molar-refractivity contribution in [1.29, 1.82) is 0 Å². The second-order valence-electron chi connectivity index (χ2n) is 6.92. The second kappa shape index (κ2) is 7.09. The van der Waals surface area contributed by atoms with Gasteiger partial charge in [0.05, 0.1) is 21.6 Å². The number of fused-ring (bicyclic) bond motifs is 1. The summed E-state index contributed by atoms with van der Waals surface area (Å²) < 4.78 is 26.9. The van der Waals surface area contributed by atoms with Crippen LogP contribution in [0.1, 0.15) is 49.5 Å². The van der Waals surface area contributed by atoms with Gasteiger partial charge < -0.3 is 4.84 Å². The van der Waals surface area contributed by atoms with Gasteiger partial charge in [0.2, 0.25) is 10.0 Å². The average molecular weight is 414 g/mol. The third-order valence-electron chi connectivity index (χ3n) is 5.06. The van der Waals surface area contributed by atoms with Crippen molar-refractivity contribution in [2.75, 3.05) is 13.1 Å². The zero-order valence-electron chi connectivity index (χ0n) is 15.6. The summed E-state index contributed by atoms with van der Waals surface area (Å²) in [4.78, 5) is 42.5. The highest BCUT2D eigenvalue weighted by atomic mass is 32.2. The molecule has 2 aliphatic rings. The lowest BCUT2D eigenvalue weighted by Crippen LogP contribution is -2.33. The van der Waals surface area contributed by atoms with Gasteiger partial charge in [-0.05, 0) is 49.6 Å². The van der Waals surface area contributed by atoms with Gasteiger partial charge in [0.1, 0.15) is 0 Å². The van der Waals surface area contributed by atoms with E-state index in [0.29, 0.717) is 23.7 Å². The van der Waals surface area contributed by atoms with Gasteiger partial charge in [-0.15, -0.1) is 0 Å². The van der Waals surface area contributed by atoms with Crippen molar-refractivity contribution in [3.63, 3.8) is 0 Å². The number of nitrogens with zero attached hydrogens (tertiary/aromatic N) is 2. The number of rotatable bonds is 4. The molecule has 0 radical (unpaired) electrons. The quantitative estimate of drug-likeness (QED) is 0.711. The molecule has 0 spiro atoms. The van der Waals surface area contributed by atoms with Crippen LogP contribution in [0.15, 0.2) is 47.4 Å². The Labute approximate surface area is 167 Å². The largest absolute Gasteiger partial charge is 0.364 e. The smallest absolute Gasteiger partial charge is 0.324 e. The summed E-state index contributed by atoms with van der Waals surface area (Å²) in [5, 5.41) is 0.411. The Kier molecular flexibility index (Phi) is 4.71. The Hall–Kier alpha value is -3.04. The number of hydroxylamine groups is 2. The standard InChI is InChI=1S/C20H18N2O6S/c1-13-8-9-14(29(26,27)21-10-4-5-11-21)12-17(13)20(25)28-22-18(23)15-6-2-3-7-16(15)19(22)24/h2-3,6-9,12H,4-5,10-11H2,1H3. The Morgan fingerprint density at radius 1 is 0.966 bits per heavy atom. The van der Waals surface area contributed by atoms with E-state index in [2.05, 4.69) is 0 Å². The van der Waals surface area contributed by atoms with Crippen LogP contribution >= 0.6 is 0 Å². The van der Waals surface area contributed by atoms with E-state index in [1.807, 2.05) is 0 Å². The Morgan fingerprint density at radius 2 is 1.55 bits per heavy atom. The summed E-state index contributed by atoms with van der Waals surface area (Å²) in [5.74, 6) is -2.45. The first-order chi connectivity index (χ1) is 13.8. The van der Waals surface area contributed by atoms with Gasteiger partial charge in [-0.3, -0.25) is 9.59 Å². The van der Waals surface area contributed by atoms with Gasteiger partial charge in [-0.1, -0.05) is 23.3 Å². The fourth-order valence-electron chi connectivity index (χ4n) is 3.44. The highest BCUT2D eigenvalue weighted by Gasteiger charge is 2.39. The number of aryl methyl sites for hydroxylation is 1. The van der Waals surface area contributed by atoms with E-state index >= 15 is 0 Å². The van der Waals surface area contributed by atoms with E-state index in [0.717, 1.165) is 12.8 Å². The molecular weight excluding hydrogens is 396 g/mol. The maximum atomic E-state index is 12.8. The lowest BCUT2D eigenvalue weighted by Gasteiger charge is -2.17. The van der Waals surface area contributed by atoms with E-state index in [1.165, 1.54) is 34.6 Å². The Bertz CT molecular complexity index is 1100. The van der Waals surface area contributed by atoms with Gasteiger partial charge in [-0.25, -0.2) is 13.2 Å². The van der Waals surface area contributed by atoms with Crippen LogP contribution in [0.5, 0.6) is 0 Å². The van der Waals surface area contributed by atoms with Gasteiger partial charge in [0.15, 0.2) is 0 Å². The minimum atomic E-state index is -3.73. The summed E-state index contributed by atoms with van der Waals surface area (Å²) >= 11 is 0. The maximum Gasteiger partial charge on any atom is 0.364 e. The van der Waals surface area contributed by atoms with Crippen LogP contribution in [0, 0.1) is 6.92 Å². The molecule has 9 heteroatoms. The molecule has 0 unspecified atom stereocenters. The molecule has 29 heavy (non-hydrogen) atoms. The first kappa shape index (κ1) is 19.3. The Balaban J connectivity index is 1.61. The average Bonchev–Trinajstić information content (AvgIpc) is 3.33. The number of hydrogen-bond donors (Lipinski definition) is 0. The first-order valence-electron chi connectivity index (χ1n) is 9.11. The molecule has 1 fully saturated rings. The molecule has 2 aromatic rings. The number of hydrogen-bond acceptors (Lipinski definition) is 6. The minimum Gasteiger partial charge on any atom is -0.324 e. The summed E-state index contributed by atoms with van der Waals surface area (Å²) in [6.07, 6.45) is 1.58. The molecule has 2 heterocycles. The van der Waals surface area contributed by atoms with E-state index in [9.17, 15) is 22.8 Å². The molecule has 150 valence electrons. The number of benzene rings is 2. The highest BCUT2D eigenvalue weighted by Crippen LogP contribution is 2.26. The monoisotopic (exact) mass is 414 g/mol. The molecule has 8 nitrogen and oxygen atoms in total. The molecule has 2 aliphatic heterocycles. The van der Waals surface area contributed by atoms with Crippen LogP contribution < -0.4 is 0 Å². The number of sulfonamides is 1. The van der Waals surface area contributed by atoms with Crippen LogP contribution in [0.3, 0.4) is 0 Å². The number of imide groups is 1. The van der Waals surface area contributed by atoms with Crippen LogP contribution in [0.4, 0.5) is 0 Å². The van der Waals surface area contributed by atoms with Gasteiger partial charge in [-0.2, -0.15) is 4.31 Å². The molecule has 1 saturated heterocycles. The van der Waals surface area contributed by atoms with Crippen molar-refractivity contribution in [2.24, 2.45) is 0 Å². The first-order valence-corrected chi connectivity index (χ1v) is 10.6. The third-order valence-corrected chi connectivity index (χ3v) is 6.96. The van der Waals surface area contributed by atoms with Gasteiger partial charge >= 0.3 is 5.97 Å². The van der Waals surface area contributed by atoms with Crippen molar-refractivity contribution < 1.29 is 27.6 Å². The molecule has 0 bridgehead atoms. The number of carbonyl (C=O) groups is 3. The molecule has 0 N–H and O–H groups in total. The van der Waals surface area contributed by atoms with Crippen molar-refractivity contribution in [2.45, 2.75) is 24.7 Å². The van der Waals surface area contributed by atoms with Crippen LogP contribution in [0.25, 0.3) is 0 Å². The van der Waals surface area contributed by atoms with E-state index in [-0.39, 0.29) is 21.6 Å². The fourth-order valence-corrected chi connectivity index (χ4v) is 4.99.